The molecule has 0 saturated carbocycles. The lowest BCUT2D eigenvalue weighted by Crippen LogP contribution is -2.32. The fourth-order valence-electron chi connectivity index (χ4n) is 1.68. The molecule has 1 heterocycles. The van der Waals surface area contributed by atoms with E-state index in [9.17, 15) is 4.79 Å². The SMILES string of the molecule is Cc1cc(Cc2cnc(NC(=O)[C@H](C)N)s2)ccc1Br. The van der Waals surface area contributed by atoms with Crippen molar-refractivity contribution in [2.24, 2.45) is 5.73 Å². The predicted molar refractivity (Wildman–Crippen MR) is 86.1 cm³/mol. The van der Waals surface area contributed by atoms with Crippen molar-refractivity contribution in [3.05, 3.63) is 44.9 Å². The second kappa shape index (κ2) is 6.47. The van der Waals surface area contributed by atoms with Crippen molar-refractivity contribution in [3.8, 4) is 0 Å². The molecule has 0 aliphatic heterocycles. The maximum Gasteiger partial charge on any atom is 0.242 e. The zero-order valence-electron chi connectivity index (χ0n) is 11.3. The van der Waals surface area contributed by atoms with Crippen LogP contribution in [0, 0.1) is 6.92 Å². The Labute approximate surface area is 130 Å². The third-order valence-electron chi connectivity index (χ3n) is 2.80. The first-order chi connectivity index (χ1) is 9.45. The molecule has 2 aromatic rings. The molecule has 0 radical (unpaired) electrons. The number of hydrogen-bond donors (Lipinski definition) is 2. The third kappa shape index (κ3) is 3.88. The van der Waals surface area contributed by atoms with Crippen LogP contribution in [0.2, 0.25) is 0 Å². The standard InChI is InChI=1S/C14H16BrN3OS/c1-8-5-10(3-4-12(8)15)6-11-7-17-14(20-11)18-13(19)9(2)16/h3-5,7,9H,6,16H2,1-2H3,(H,17,18,19)/t9-/m0/s1. The molecule has 0 bridgehead atoms. The second-order valence-electron chi connectivity index (χ2n) is 4.67. The lowest BCUT2D eigenvalue weighted by molar-refractivity contribution is -0.117. The topological polar surface area (TPSA) is 68.0 Å². The normalized spacial score (nSPS) is 12.2. The minimum Gasteiger partial charge on any atom is -0.320 e. The van der Waals surface area contributed by atoms with Gasteiger partial charge in [-0.25, -0.2) is 4.98 Å². The molecule has 0 aliphatic rings. The fourth-order valence-corrected chi connectivity index (χ4v) is 2.78. The summed E-state index contributed by atoms with van der Waals surface area (Å²) in [6.07, 6.45) is 2.60. The Morgan fingerprint density at radius 1 is 1.55 bits per heavy atom. The van der Waals surface area contributed by atoms with Gasteiger partial charge in [-0.3, -0.25) is 4.79 Å². The number of aryl methyl sites for hydroxylation is 1. The minimum absolute atomic E-state index is 0.217. The second-order valence-corrected chi connectivity index (χ2v) is 6.64. The van der Waals surface area contributed by atoms with Gasteiger partial charge in [0, 0.05) is 22.0 Å². The lowest BCUT2D eigenvalue weighted by Gasteiger charge is -2.04. The van der Waals surface area contributed by atoms with Gasteiger partial charge in [-0.15, -0.1) is 11.3 Å². The van der Waals surface area contributed by atoms with E-state index in [2.05, 4.69) is 45.3 Å². The van der Waals surface area contributed by atoms with E-state index in [4.69, 9.17) is 5.73 Å². The number of hydrogen-bond acceptors (Lipinski definition) is 4. The molecule has 0 spiro atoms. The van der Waals surface area contributed by atoms with E-state index < -0.39 is 6.04 Å². The van der Waals surface area contributed by atoms with Crippen LogP contribution < -0.4 is 11.1 Å². The van der Waals surface area contributed by atoms with Gasteiger partial charge in [0.15, 0.2) is 5.13 Å². The van der Waals surface area contributed by atoms with Gasteiger partial charge in [0.05, 0.1) is 6.04 Å². The van der Waals surface area contributed by atoms with Crippen LogP contribution in [0.4, 0.5) is 5.13 Å². The van der Waals surface area contributed by atoms with Crippen LogP contribution in [0.5, 0.6) is 0 Å². The Kier molecular flexibility index (Phi) is 4.91. The van der Waals surface area contributed by atoms with Gasteiger partial charge in [-0.05, 0) is 31.0 Å². The molecular formula is C14H16BrN3OS. The summed E-state index contributed by atoms with van der Waals surface area (Å²) < 4.78 is 1.11. The van der Waals surface area contributed by atoms with Gasteiger partial charge in [-0.2, -0.15) is 0 Å². The van der Waals surface area contributed by atoms with Crippen LogP contribution in [0.15, 0.2) is 28.9 Å². The highest BCUT2D eigenvalue weighted by atomic mass is 79.9. The first-order valence-electron chi connectivity index (χ1n) is 6.22. The number of amides is 1. The number of rotatable bonds is 4. The number of carbonyl (C=O) groups excluding carboxylic acids is 1. The molecule has 106 valence electrons. The summed E-state index contributed by atoms with van der Waals surface area (Å²) in [5.74, 6) is -0.217. The molecule has 0 fully saturated rings. The largest absolute Gasteiger partial charge is 0.320 e. The van der Waals surface area contributed by atoms with Crippen molar-refractivity contribution < 1.29 is 4.79 Å². The van der Waals surface area contributed by atoms with E-state index in [-0.39, 0.29) is 5.91 Å². The molecule has 0 unspecified atom stereocenters. The van der Waals surface area contributed by atoms with E-state index >= 15 is 0 Å². The number of aromatic nitrogens is 1. The number of nitrogens with zero attached hydrogens (tertiary/aromatic N) is 1. The summed E-state index contributed by atoms with van der Waals surface area (Å²) in [5.41, 5.74) is 7.93. The molecule has 4 nitrogen and oxygen atoms in total. The average molecular weight is 354 g/mol. The van der Waals surface area contributed by atoms with Crippen LogP contribution in [-0.2, 0) is 11.2 Å². The highest BCUT2D eigenvalue weighted by molar-refractivity contribution is 9.10. The van der Waals surface area contributed by atoms with Crippen LogP contribution in [0.3, 0.4) is 0 Å². The molecule has 3 N–H and O–H groups in total. The third-order valence-corrected chi connectivity index (χ3v) is 4.60. The summed E-state index contributed by atoms with van der Waals surface area (Å²) in [5, 5.41) is 3.30. The zero-order valence-corrected chi connectivity index (χ0v) is 13.7. The molecule has 1 aromatic carbocycles. The molecule has 20 heavy (non-hydrogen) atoms. The molecular weight excluding hydrogens is 338 g/mol. The summed E-state index contributed by atoms with van der Waals surface area (Å²) in [6.45, 7) is 3.71. The van der Waals surface area contributed by atoms with Gasteiger partial charge in [0.2, 0.25) is 5.91 Å². The highest BCUT2D eigenvalue weighted by Gasteiger charge is 2.10. The van der Waals surface area contributed by atoms with Crippen LogP contribution in [0.25, 0.3) is 0 Å². The first-order valence-corrected chi connectivity index (χ1v) is 7.83. The zero-order chi connectivity index (χ0) is 14.7. The minimum atomic E-state index is -0.531. The molecule has 0 saturated heterocycles. The van der Waals surface area contributed by atoms with Gasteiger partial charge in [0.1, 0.15) is 0 Å². The van der Waals surface area contributed by atoms with Crippen LogP contribution in [0.1, 0.15) is 22.9 Å². The summed E-state index contributed by atoms with van der Waals surface area (Å²) in [4.78, 5) is 16.8. The van der Waals surface area contributed by atoms with Crippen LogP contribution in [-0.4, -0.2) is 16.9 Å². The number of carbonyl (C=O) groups is 1. The van der Waals surface area contributed by atoms with E-state index in [0.717, 1.165) is 15.8 Å². The summed E-state index contributed by atoms with van der Waals surface area (Å²) in [7, 11) is 0. The molecule has 6 heteroatoms. The highest BCUT2D eigenvalue weighted by Crippen LogP contribution is 2.23. The number of benzene rings is 1. The van der Waals surface area contributed by atoms with Gasteiger partial charge in [-0.1, -0.05) is 28.1 Å². The smallest absolute Gasteiger partial charge is 0.242 e. The maximum absolute atomic E-state index is 11.5. The van der Waals surface area contributed by atoms with Crippen LogP contribution >= 0.6 is 27.3 Å². The van der Waals surface area contributed by atoms with Crippen molar-refractivity contribution >= 4 is 38.3 Å². The number of halogens is 1. The van der Waals surface area contributed by atoms with E-state index in [1.165, 1.54) is 22.5 Å². The van der Waals surface area contributed by atoms with Gasteiger partial charge < -0.3 is 11.1 Å². The predicted octanol–water partition coefficient (Wildman–Crippen LogP) is 3.09. The van der Waals surface area contributed by atoms with Gasteiger partial charge in [0.25, 0.3) is 0 Å². The van der Waals surface area contributed by atoms with E-state index in [0.29, 0.717) is 5.13 Å². The van der Waals surface area contributed by atoms with Gasteiger partial charge >= 0.3 is 0 Å². The fraction of sp³-hybridized carbons (Fsp3) is 0.286. The Morgan fingerprint density at radius 3 is 2.95 bits per heavy atom. The Bertz CT molecular complexity index is 625. The van der Waals surface area contributed by atoms with E-state index in [1.807, 2.05) is 6.07 Å². The average Bonchev–Trinajstić information content (AvgIpc) is 2.81. The Morgan fingerprint density at radius 2 is 2.30 bits per heavy atom. The van der Waals surface area contributed by atoms with Crippen molar-refractivity contribution in [2.75, 3.05) is 5.32 Å². The number of nitrogens with two attached hydrogens (primary N) is 1. The Hall–Kier alpha value is -1.24. The Balaban J connectivity index is 2.05. The quantitative estimate of drug-likeness (QED) is 0.887. The summed E-state index contributed by atoms with van der Waals surface area (Å²) >= 11 is 4.96. The summed E-state index contributed by atoms with van der Waals surface area (Å²) in [6, 6.07) is 5.74. The maximum atomic E-state index is 11.5. The van der Waals surface area contributed by atoms with Crippen molar-refractivity contribution in [3.63, 3.8) is 0 Å². The molecule has 1 aromatic heterocycles. The van der Waals surface area contributed by atoms with E-state index in [1.54, 1.807) is 13.1 Å². The number of thiazole rings is 1. The monoisotopic (exact) mass is 353 g/mol. The van der Waals surface area contributed by atoms with Crippen molar-refractivity contribution in [1.29, 1.82) is 0 Å². The lowest BCUT2D eigenvalue weighted by atomic mass is 10.1. The van der Waals surface area contributed by atoms with Crippen molar-refractivity contribution in [1.82, 2.24) is 4.98 Å². The molecule has 1 atom stereocenters. The molecule has 0 aliphatic carbocycles. The molecule has 2 rings (SSSR count). The number of nitrogens with one attached hydrogen (secondary N) is 1. The molecule has 1 amide bonds. The van der Waals surface area contributed by atoms with Crippen molar-refractivity contribution in [2.45, 2.75) is 26.3 Å². The first kappa shape index (κ1) is 15.2. The number of anilines is 1.